The van der Waals surface area contributed by atoms with Gasteiger partial charge in [0.1, 0.15) is 6.04 Å². The van der Waals surface area contributed by atoms with Gasteiger partial charge in [-0.15, -0.1) is 11.8 Å². The van der Waals surface area contributed by atoms with E-state index in [4.69, 9.17) is 11.6 Å². The molecule has 0 saturated carbocycles. The lowest BCUT2D eigenvalue weighted by molar-refractivity contribution is -0.147. The molecule has 3 atom stereocenters. The Morgan fingerprint density at radius 3 is 2.43 bits per heavy atom. The smallest absolute Gasteiger partial charge is 0.319 e. The molecule has 3 aromatic carbocycles. The van der Waals surface area contributed by atoms with Crippen LogP contribution in [0.5, 0.6) is 0 Å². The van der Waals surface area contributed by atoms with Crippen molar-refractivity contribution in [3.05, 3.63) is 100 Å². The molecule has 0 spiro atoms. The van der Waals surface area contributed by atoms with Crippen LogP contribution in [-0.4, -0.2) is 56.7 Å². The monoisotopic (exact) mass is 608 g/mol. The van der Waals surface area contributed by atoms with E-state index in [1.54, 1.807) is 18.2 Å². The summed E-state index contributed by atoms with van der Waals surface area (Å²) in [6.45, 7) is 7.97. The number of hydrogen-bond donors (Lipinski definition) is 4. The van der Waals surface area contributed by atoms with Crippen LogP contribution in [0.1, 0.15) is 36.1 Å². The van der Waals surface area contributed by atoms with E-state index in [0.29, 0.717) is 17.3 Å². The van der Waals surface area contributed by atoms with Gasteiger partial charge in [0.2, 0.25) is 5.91 Å². The van der Waals surface area contributed by atoms with Crippen LogP contribution in [-0.2, 0) is 22.6 Å². The first-order valence-corrected chi connectivity index (χ1v) is 15.1. The number of anilines is 1. The lowest BCUT2D eigenvalue weighted by atomic mass is 9.97. The molecule has 1 saturated heterocycles. The highest BCUT2D eigenvalue weighted by atomic mass is 35.5. The Morgan fingerprint density at radius 1 is 1.02 bits per heavy atom. The van der Waals surface area contributed by atoms with Crippen molar-refractivity contribution < 1.29 is 19.5 Å². The number of halogens is 1. The minimum atomic E-state index is -1.60. The second-order valence-electron chi connectivity index (χ2n) is 11.0. The SMILES string of the molecule is Cc1ccccc1CNC(=O)C1N(C(=O)C(O)C(Cc2ccccc2)NC(=O)Nc2cc(Cl)ccc2C)CSC1(C)C. The zero-order valence-corrected chi connectivity index (χ0v) is 25.8. The quantitative estimate of drug-likeness (QED) is 0.272. The number of aliphatic hydroxyl groups excluding tert-OH is 1. The number of benzene rings is 3. The summed E-state index contributed by atoms with van der Waals surface area (Å²) >= 11 is 7.58. The van der Waals surface area contributed by atoms with Gasteiger partial charge < -0.3 is 26.0 Å². The van der Waals surface area contributed by atoms with E-state index in [9.17, 15) is 19.5 Å². The largest absolute Gasteiger partial charge is 0.381 e. The number of thioether (sulfide) groups is 1. The second-order valence-corrected chi connectivity index (χ2v) is 13.1. The van der Waals surface area contributed by atoms with Gasteiger partial charge >= 0.3 is 6.03 Å². The predicted molar refractivity (Wildman–Crippen MR) is 168 cm³/mol. The molecule has 1 heterocycles. The molecule has 1 aliphatic rings. The average Bonchev–Trinajstić information content (AvgIpc) is 3.28. The van der Waals surface area contributed by atoms with Gasteiger partial charge in [-0.2, -0.15) is 0 Å². The Morgan fingerprint density at radius 2 is 1.71 bits per heavy atom. The van der Waals surface area contributed by atoms with Gasteiger partial charge in [0, 0.05) is 22.0 Å². The predicted octanol–water partition coefficient (Wildman–Crippen LogP) is 5.05. The van der Waals surface area contributed by atoms with Gasteiger partial charge in [-0.3, -0.25) is 9.59 Å². The molecule has 4 rings (SSSR count). The molecular formula is C32H37ClN4O4S. The first-order valence-electron chi connectivity index (χ1n) is 13.8. The number of nitrogens with zero attached hydrogens (tertiary/aromatic N) is 1. The van der Waals surface area contributed by atoms with Crippen molar-refractivity contribution in [2.75, 3.05) is 11.2 Å². The highest BCUT2D eigenvalue weighted by Crippen LogP contribution is 2.40. The lowest BCUT2D eigenvalue weighted by Gasteiger charge is -2.33. The molecule has 3 unspecified atom stereocenters. The van der Waals surface area contributed by atoms with Crippen molar-refractivity contribution in [3.8, 4) is 0 Å². The van der Waals surface area contributed by atoms with Gasteiger partial charge in [0.25, 0.3) is 5.91 Å². The molecule has 4 amide bonds. The maximum atomic E-state index is 13.8. The molecule has 8 nitrogen and oxygen atoms in total. The van der Waals surface area contributed by atoms with Crippen molar-refractivity contribution in [2.45, 2.75) is 63.6 Å². The Hall–Kier alpha value is -3.53. The number of carbonyl (C=O) groups is 3. The minimum Gasteiger partial charge on any atom is -0.381 e. The summed E-state index contributed by atoms with van der Waals surface area (Å²) in [6.07, 6.45) is -1.40. The standard InChI is InChI=1S/C32H37ClN4O4S/c1-20-10-8-9-13-23(20)18-34-29(39)28-32(3,4)42-19-37(28)30(40)27(38)26(16-22-11-6-5-7-12-22)36-31(41)35-25-17-24(33)15-14-21(25)2/h5-15,17,26-28,38H,16,18-19H2,1-4H3,(H,34,39)(H2,35,36,41). The van der Waals surface area contributed by atoms with Crippen LogP contribution in [0.3, 0.4) is 0 Å². The van der Waals surface area contributed by atoms with Crippen LogP contribution >= 0.6 is 23.4 Å². The molecule has 42 heavy (non-hydrogen) atoms. The summed E-state index contributed by atoms with van der Waals surface area (Å²) in [7, 11) is 0. The summed E-state index contributed by atoms with van der Waals surface area (Å²) in [5.74, 6) is -0.683. The first-order chi connectivity index (χ1) is 20.0. The van der Waals surface area contributed by atoms with Crippen molar-refractivity contribution in [1.29, 1.82) is 0 Å². The number of nitrogens with one attached hydrogen (secondary N) is 3. The Bertz CT molecular complexity index is 1440. The van der Waals surface area contributed by atoms with Crippen LogP contribution in [0.2, 0.25) is 5.02 Å². The highest BCUT2D eigenvalue weighted by molar-refractivity contribution is 8.00. The molecule has 10 heteroatoms. The average molecular weight is 609 g/mol. The number of aliphatic hydroxyl groups is 1. The number of urea groups is 1. The second kappa shape index (κ2) is 13.6. The Labute approximate surface area is 256 Å². The third-order valence-corrected chi connectivity index (χ3v) is 9.10. The van der Waals surface area contributed by atoms with Crippen LogP contribution in [0.15, 0.2) is 72.8 Å². The molecule has 222 valence electrons. The summed E-state index contributed by atoms with van der Waals surface area (Å²) in [4.78, 5) is 41.8. The lowest BCUT2D eigenvalue weighted by Crippen LogP contribution is -2.59. The van der Waals surface area contributed by atoms with Crippen molar-refractivity contribution in [2.24, 2.45) is 0 Å². The molecule has 0 radical (unpaired) electrons. The molecule has 1 fully saturated rings. The Balaban J connectivity index is 1.52. The number of amides is 4. The van der Waals surface area contributed by atoms with E-state index in [0.717, 1.165) is 22.3 Å². The molecule has 3 aromatic rings. The Kier molecular flexibility index (Phi) is 10.2. The molecule has 0 bridgehead atoms. The maximum Gasteiger partial charge on any atom is 0.319 e. The van der Waals surface area contributed by atoms with E-state index in [-0.39, 0.29) is 18.2 Å². The van der Waals surface area contributed by atoms with Gasteiger partial charge in [-0.1, -0.05) is 72.3 Å². The summed E-state index contributed by atoms with van der Waals surface area (Å²) in [5, 5.41) is 20.4. The number of rotatable bonds is 9. The first kappa shape index (κ1) is 31.4. The van der Waals surface area contributed by atoms with Crippen molar-refractivity contribution in [1.82, 2.24) is 15.5 Å². The van der Waals surface area contributed by atoms with E-state index in [2.05, 4.69) is 16.0 Å². The van der Waals surface area contributed by atoms with Crippen LogP contribution < -0.4 is 16.0 Å². The highest BCUT2D eigenvalue weighted by Gasteiger charge is 2.49. The van der Waals surface area contributed by atoms with E-state index in [1.807, 2.05) is 82.3 Å². The van der Waals surface area contributed by atoms with E-state index < -0.39 is 34.9 Å². The summed E-state index contributed by atoms with van der Waals surface area (Å²) in [6, 6.07) is 19.9. The molecule has 0 aromatic heterocycles. The van der Waals surface area contributed by atoms with Crippen molar-refractivity contribution >= 4 is 46.9 Å². The summed E-state index contributed by atoms with van der Waals surface area (Å²) < 4.78 is -0.588. The van der Waals surface area contributed by atoms with Crippen LogP contribution in [0, 0.1) is 13.8 Å². The number of aryl methyl sites for hydroxylation is 2. The zero-order chi connectivity index (χ0) is 30.4. The number of hydrogen-bond acceptors (Lipinski definition) is 5. The fourth-order valence-electron chi connectivity index (χ4n) is 5.01. The topological polar surface area (TPSA) is 111 Å². The van der Waals surface area contributed by atoms with E-state index in [1.165, 1.54) is 16.7 Å². The molecule has 4 N–H and O–H groups in total. The van der Waals surface area contributed by atoms with Crippen LogP contribution in [0.25, 0.3) is 0 Å². The maximum absolute atomic E-state index is 13.8. The van der Waals surface area contributed by atoms with Gasteiger partial charge in [-0.25, -0.2) is 4.79 Å². The minimum absolute atomic E-state index is 0.199. The number of carbonyl (C=O) groups excluding carboxylic acids is 3. The van der Waals surface area contributed by atoms with Gasteiger partial charge in [-0.05, 0) is 68.5 Å². The van der Waals surface area contributed by atoms with E-state index >= 15 is 0 Å². The molecule has 1 aliphatic heterocycles. The van der Waals surface area contributed by atoms with Crippen LogP contribution in [0.4, 0.5) is 10.5 Å². The fraction of sp³-hybridized carbons (Fsp3) is 0.344. The fourth-order valence-corrected chi connectivity index (χ4v) is 6.32. The van der Waals surface area contributed by atoms with Crippen molar-refractivity contribution in [3.63, 3.8) is 0 Å². The van der Waals surface area contributed by atoms with Gasteiger partial charge in [0.05, 0.1) is 11.9 Å². The van der Waals surface area contributed by atoms with Gasteiger partial charge in [0.15, 0.2) is 6.10 Å². The zero-order valence-electron chi connectivity index (χ0n) is 24.2. The normalized spacial score (nSPS) is 17.3. The molecule has 0 aliphatic carbocycles. The molecular weight excluding hydrogens is 572 g/mol. The third kappa shape index (κ3) is 7.65. The third-order valence-electron chi connectivity index (χ3n) is 7.49. The summed E-state index contributed by atoms with van der Waals surface area (Å²) in [5.41, 5.74) is 4.20.